The van der Waals surface area contributed by atoms with E-state index in [4.69, 9.17) is 10.6 Å². The van der Waals surface area contributed by atoms with Crippen molar-refractivity contribution in [3.8, 4) is 0 Å². The van der Waals surface area contributed by atoms with Crippen LogP contribution >= 0.6 is 0 Å². The van der Waals surface area contributed by atoms with Crippen molar-refractivity contribution in [1.29, 1.82) is 0 Å². The van der Waals surface area contributed by atoms with E-state index in [-0.39, 0.29) is 12.0 Å². The van der Waals surface area contributed by atoms with E-state index in [0.29, 0.717) is 19.2 Å². The van der Waals surface area contributed by atoms with Crippen LogP contribution in [-0.4, -0.2) is 79.2 Å². The van der Waals surface area contributed by atoms with Gasteiger partial charge in [-0.2, -0.15) is 0 Å². The first-order chi connectivity index (χ1) is 10.1. The lowest BCUT2D eigenvalue weighted by atomic mass is 10.00. The molecule has 2 heterocycles. The number of carbonyl (C=O) groups excluding carboxylic acids is 1. The zero-order chi connectivity index (χ0) is 15.2. The number of rotatable bonds is 5. The fraction of sp³-hybridized carbons (Fsp3) is 0.933. The third-order valence-electron chi connectivity index (χ3n) is 4.62. The van der Waals surface area contributed by atoms with Crippen molar-refractivity contribution in [2.45, 2.75) is 44.7 Å². The van der Waals surface area contributed by atoms with Crippen molar-refractivity contribution in [3.05, 3.63) is 0 Å². The molecule has 0 aliphatic carbocycles. The number of piperidine rings is 1. The van der Waals surface area contributed by atoms with Crippen LogP contribution in [0.4, 0.5) is 0 Å². The number of carbonyl (C=O) groups is 1. The molecule has 1 unspecified atom stereocenters. The smallest absolute Gasteiger partial charge is 0.324 e. The van der Waals surface area contributed by atoms with Gasteiger partial charge in [-0.3, -0.25) is 15.5 Å². The second kappa shape index (κ2) is 8.08. The van der Waals surface area contributed by atoms with Crippen LogP contribution in [0.15, 0.2) is 0 Å². The largest absolute Gasteiger partial charge is 0.464 e. The molecule has 0 bridgehead atoms. The van der Waals surface area contributed by atoms with Gasteiger partial charge in [0.15, 0.2) is 0 Å². The molecule has 2 saturated heterocycles. The lowest BCUT2D eigenvalue weighted by molar-refractivity contribution is -0.155. The van der Waals surface area contributed by atoms with Gasteiger partial charge in [0.25, 0.3) is 0 Å². The number of likely N-dealkylation sites (tertiary alicyclic amines) is 1. The first-order valence-corrected chi connectivity index (χ1v) is 8.22. The first kappa shape index (κ1) is 16.7. The molecule has 0 saturated carbocycles. The molecular formula is C15H30N4O2. The number of hydrazine groups is 1. The number of nitrogens with two attached hydrogens (primary N) is 1. The van der Waals surface area contributed by atoms with E-state index in [9.17, 15) is 4.79 Å². The van der Waals surface area contributed by atoms with Crippen molar-refractivity contribution in [1.82, 2.24) is 14.8 Å². The van der Waals surface area contributed by atoms with E-state index in [2.05, 4.69) is 23.8 Å². The Morgan fingerprint density at radius 2 is 1.95 bits per heavy atom. The number of esters is 1. The fourth-order valence-corrected chi connectivity index (χ4v) is 3.20. The van der Waals surface area contributed by atoms with E-state index in [1.165, 1.54) is 0 Å². The zero-order valence-electron chi connectivity index (χ0n) is 13.5. The van der Waals surface area contributed by atoms with Crippen LogP contribution in [0, 0.1) is 0 Å². The molecule has 0 spiro atoms. The summed E-state index contributed by atoms with van der Waals surface area (Å²) in [5.41, 5.74) is 0. The minimum absolute atomic E-state index is 0.0995. The van der Waals surface area contributed by atoms with Gasteiger partial charge in [-0.1, -0.05) is 13.3 Å². The number of ether oxygens (including phenoxy) is 1. The average molecular weight is 298 g/mol. The third kappa shape index (κ3) is 4.64. The Hall–Kier alpha value is -0.690. The Morgan fingerprint density at radius 1 is 1.24 bits per heavy atom. The van der Waals surface area contributed by atoms with E-state index in [1.807, 2.05) is 0 Å². The summed E-state index contributed by atoms with van der Waals surface area (Å²) in [5, 5.41) is 1.75. The van der Waals surface area contributed by atoms with Gasteiger partial charge in [0.05, 0.1) is 6.61 Å². The summed E-state index contributed by atoms with van der Waals surface area (Å²) in [4.78, 5) is 17.1. The van der Waals surface area contributed by atoms with Gasteiger partial charge in [-0.05, 0) is 39.4 Å². The zero-order valence-corrected chi connectivity index (χ0v) is 13.5. The second-order valence-electron chi connectivity index (χ2n) is 6.30. The molecule has 0 radical (unpaired) electrons. The van der Waals surface area contributed by atoms with Crippen LogP contribution in [0.5, 0.6) is 0 Å². The molecule has 6 nitrogen and oxygen atoms in total. The maximum atomic E-state index is 12.4. The number of piperazine rings is 1. The molecule has 122 valence electrons. The predicted molar refractivity (Wildman–Crippen MR) is 82.6 cm³/mol. The van der Waals surface area contributed by atoms with Gasteiger partial charge in [0, 0.05) is 25.7 Å². The Balaban J connectivity index is 1.94. The van der Waals surface area contributed by atoms with E-state index in [0.717, 1.165) is 51.9 Å². The summed E-state index contributed by atoms with van der Waals surface area (Å²) in [6.45, 7) is 7.09. The minimum Gasteiger partial charge on any atom is -0.464 e. The van der Waals surface area contributed by atoms with E-state index < -0.39 is 0 Å². The molecule has 2 aliphatic heterocycles. The molecule has 6 heteroatoms. The van der Waals surface area contributed by atoms with Crippen LogP contribution in [0.25, 0.3) is 0 Å². The third-order valence-corrected chi connectivity index (χ3v) is 4.62. The second-order valence-corrected chi connectivity index (χ2v) is 6.30. The quantitative estimate of drug-likeness (QED) is 0.447. The fourth-order valence-electron chi connectivity index (χ4n) is 3.20. The highest BCUT2D eigenvalue weighted by Crippen LogP contribution is 2.21. The van der Waals surface area contributed by atoms with Gasteiger partial charge in [0.1, 0.15) is 6.04 Å². The normalized spacial score (nSPS) is 26.9. The molecular weight excluding hydrogens is 268 g/mol. The summed E-state index contributed by atoms with van der Waals surface area (Å²) in [6.07, 6.45) is 4.22. The van der Waals surface area contributed by atoms with Crippen molar-refractivity contribution in [2.24, 2.45) is 5.84 Å². The molecule has 0 amide bonds. The molecule has 0 aromatic heterocycles. The van der Waals surface area contributed by atoms with Crippen LogP contribution in [0.3, 0.4) is 0 Å². The van der Waals surface area contributed by atoms with Crippen LogP contribution < -0.4 is 5.84 Å². The summed E-state index contributed by atoms with van der Waals surface area (Å²) >= 11 is 0. The summed E-state index contributed by atoms with van der Waals surface area (Å²) in [5.74, 6) is 5.82. The van der Waals surface area contributed by atoms with Crippen molar-refractivity contribution >= 4 is 5.97 Å². The summed E-state index contributed by atoms with van der Waals surface area (Å²) in [7, 11) is 2.16. The minimum atomic E-state index is -0.200. The molecule has 2 fully saturated rings. The number of nitrogens with zero attached hydrogens (tertiary/aromatic N) is 3. The van der Waals surface area contributed by atoms with Gasteiger partial charge in [-0.25, -0.2) is 5.01 Å². The molecule has 1 atom stereocenters. The molecule has 2 aliphatic rings. The van der Waals surface area contributed by atoms with Crippen LogP contribution in [0.2, 0.25) is 0 Å². The van der Waals surface area contributed by atoms with Gasteiger partial charge >= 0.3 is 5.97 Å². The van der Waals surface area contributed by atoms with E-state index in [1.54, 1.807) is 5.01 Å². The highest BCUT2D eigenvalue weighted by molar-refractivity contribution is 5.76. The first-order valence-electron chi connectivity index (χ1n) is 8.22. The predicted octanol–water partition coefficient (Wildman–Crippen LogP) is 0.284. The average Bonchev–Trinajstić information content (AvgIpc) is 2.48. The highest BCUT2D eigenvalue weighted by Gasteiger charge is 2.37. The molecule has 0 aromatic rings. The van der Waals surface area contributed by atoms with Gasteiger partial charge in [-0.15, -0.1) is 0 Å². The summed E-state index contributed by atoms with van der Waals surface area (Å²) in [6, 6.07) is 0.285. The molecule has 2 rings (SSSR count). The summed E-state index contributed by atoms with van der Waals surface area (Å²) < 4.78 is 5.44. The van der Waals surface area contributed by atoms with Crippen molar-refractivity contribution in [3.63, 3.8) is 0 Å². The van der Waals surface area contributed by atoms with Crippen LogP contribution in [0.1, 0.15) is 32.6 Å². The van der Waals surface area contributed by atoms with Crippen molar-refractivity contribution in [2.75, 3.05) is 46.4 Å². The maximum Gasteiger partial charge on any atom is 0.324 e. The lowest BCUT2D eigenvalue weighted by Gasteiger charge is -2.45. The lowest BCUT2D eigenvalue weighted by Crippen LogP contribution is -2.62. The topological polar surface area (TPSA) is 62.0 Å². The SMILES string of the molecule is CCCCOC(=O)C1CN(N)CCN1C1CCN(C)CC1. The molecule has 2 N–H and O–H groups in total. The molecule has 0 aromatic carbocycles. The maximum absolute atomic E-state index is 12.4. The Kier molecular flexibility index (Phi) is 6.41. The Labute approximate surface area is 128 Å². The van der Waals surface area contributed by atoms with Gasteiger partial charge < -0.3 is 9.64 Å². The Morgan fingerprint density at radius 3 is 2.62 bits per heavy atom. The van der Waals surface area contributed by atoms with Crippen LogP contribution in [-0.2, 0) is 9.53 Å². The van der Waals surface area contributed by atoms with Crippen molar-refractivity contribution < 1.29 is 9.53 Å². The standard InChI is InChI=1S/C15H30N4O2/c1-3-4-11-21-15(20)14-12-18(16)9-10-19(14)13-5-7-17(2)8-6-13/h13-14H,3-12,16H2,1-2H3. The Bertz CT molecular complexity index is 332. The number of hydrogen-bond donors (Lipinski definition) is 1. The van der Waals surface area contributed by atoms with Gasteiger partial charge in [0.2, 0.25) is 0 Å². The molecule has 21 heavy (non-hydrogen) atoms. The number of unbranched alkanes of at least 4 members (excludes halogenated alkanes) is 1. The highest BCUT2D eigenvalue weighted by atomic mass is 16.5. The van der Waals surface area contributed by atoms with E-state index >= 15 is 0 Å². The monoisotopic (exact) mass is 298 g/mol. The number of hydrogen-bond acceptors (Lipinski definition) is 6.